The van der Waals surface area contributed by atoms with Gasteiger partial charge in [-0.3, -0.25) is 14.4 Å². The molecule has 30 heavy (non-hydrogen) atoms. The lowest BCUT2D eigenvalue weighted by atomic mass is 9.91. The summed E-state index contributed by atoms with van der Waals surface area (Å²) in [6, 6.07) is 10.5. The van der Waals surface area contributed by atoms with Crippen LogP contribution in [-0.2, 0) is 27.3 Å². The number of benzene rings is 1. The van der Waals surface area contributed by atoms with Gasteiger partial charge in [-0.05, 0) is 43.0 Å². The minimum atomic E-state index is -0.626. The predicted octanol–water partition coefficient (Wildman–Crippen LogP) is 2.65. The first-order valence-corrected chi connectivity index (χ1v) is 10.4. The third kappa shape index (κ3) is 3.97. The molecule has 0 radical (unpaired) electrons. The highest BCUT2D eigenvalue weighted by Crippen LogP contribution is 2.28. The monoisotopic (exact) mass is 410 g/mol. The first-order valence-electron chi connectivity index (χ1n) is 10.4. The van der Waals surface area contributed by atoms with E-state index in [1.807, 2.05) is 24.3 Å². The molecule has 2 aromatic rings. The number of esters is 1. The molecule has 1 fully saturated rings. The lowest BCUT2D eigenvalue weighted by molar-refractivity contribution is -0.152. The number of piperidine rings is 1. The molecule has 4 rings (SSSR count). The Bertz CT molecular complexity index is 923. The average molecular weight is 410 g/mol. The number of hydrogen-bond donors (Lipinski definition) is 0. The van der Waals surface area contributed by atoms with Crippen LogP contribution in [0.25, 0.3) is 0 Å². The highest BCUT2D eigenvalue weighted by molar-refractivity contribution is 5.96. The predicted molar refractivity (Wildman–Crippen MR) is 108 cm³/mol. The second kappa shape index (κ2) is 8.73. The highest BCUT2D eigenvalue weighted by atomic mass is 16.5. The molecule has 0 N–H and O–H groups in total. The molecule has 7 nitrogen and oxygen atoms in total. The maximum Gasteiger partial charge on any atom is 0.310 e. The molecule has 0 saturated carbocycles. The molecule has 3 heterocycles. The van der Waals surface area contributed by atoms with Crippen molar-refractivity contribution in [2.75, 3.05) is 19.7 Å². The second-order valence-electron chi connectivity index (χ2n) is 7.77. The smallest absolute Gasteiger partial charge is 0.310 e. The van der Waals surface area contributed by atoms with E-state index < -0.39 is 6.04 Å². The number of nitrogens with zero attached hydrogens (tertiary/aromatic N) is 2. The molecule has 0 aliphatic carbocycles. The summed E-state index contributed by atoms with van der Waals surface area (Å²) in [5.74, 6) is -0.777. The summed E-state index contributed by atoms with van der Waals surface area (Å²) in [7, 11) is 0. The van der Waals surface area contributed by atoms with Crippen molar-refractivity contribution in [1.29, 1.82) is 0 Å². The Hall–Kier alpha value is -3.09. The quantitative estimate of drug-likeness (QED) is 0.724. The molecular formula is C23H26N2O5. The number of rotatable bonds is 4. The van der Waals surface area contributed by atoms with Crippen LogP contribution in [-0.4, -0.2) is 53.3 Å². The van der Waals surface area contributed by atoms with Crippen molar-refractivity contribution in [3.63, 3.8) is 0 Å². The zero-order chi connectivity index (χ0) is 21.1. The normalized spacial score (nSPS) is 21.1. The molecule has 7 heteroatoms. The zero-order valence-electron chi connectivity index (χ0n) is 17.1. The molecule has 0 spiro atoms. The minimum Gasteiger partial charge on any atom is -0.466 e. The Morgan fingerprint density at radius 2 is 1.93 bits per heavy atom. The van der Waals surface area contributed by atoms with Crippen molar-refractivity contribution in [3.8, 4) is 0 Å². The third-order valence-electron chi connectivity index (χ3n) is 5.88. The second-order valence-corrected chi connectivity index (χ2v) is 7.77. The topological polar surface area (TPSA) is 80.1 Å². The summed E-state index contributed by atoms with van der Waals surface area (Å²) in [5, 5.41) is 0. The van der Waals surface area contributed by atoms with E-state index in [4.69, 9.17) is 9.15 Å². The SMILES string of the molecule is CCOC(=O)C1CCCN(C(=O)C2Cc3ccccc3CN2C(=O)c2ccco2)C1. The summed E-state index contributed by atoms with van der Waals surface area (Å²) in [6.07, 6.45) is 3.36. The average Bonchev–Trinajstić information content (AvgIpc) is 3.32. The van der Waals surface area contributed by atoms with E-state index in [1.54, 1.807) is 28.9 Å². The van der Waals surface area contributed by atoms with E-state index in [2.05, 4.69) is 0 Å². The van der Waals surface area contributed by atoms with Gasteiger partial charge >= 0.3 is 5.97 Å². The van der Waals surface area contributed by atoms with Crippen LogP contribution >= 0.6 is 0 Å². The molecule has 2 atom stereocenters. The largest absolute Gasteiger partial charge is 0.466 e. The van der Waals surface area contributed by atoms with Gasteiger partial charge in [0.05, 0.1) is 18.8 Å². The zero-order valence-corrected chi connectivity index (χ0v) is 17.1. The van der Waals surface area contributed by atoms with Crippen molar-refractivity contribution in [2.24, 2.45) is 5.92 Å². The van der Waals surface area contributed by atoms with Crippen LogP contribution in [0.2, 0.25) is 0 Å². The molecular weight excluding hydrogens is 384 g/mol. The van der Waals surface area contributed by atoms with E-state index in [0.717, 1.165) is 17.5 Å². The summed E-state index contributed by atoms with van der Waals surface area (Å²) >= 11 is 0. The molecule has 158 valence electrons. The number of ether oxygens (including phenoxy) is 1. The lowest BCUT2D eigenvalue weighted by Gasteiger charge is -2.40. The van der Waals surface area contributed by atoms with Crippen LogP contribution in [0, 0.1) is 5.92 Å². The van der Waals surface area contributed by atoms with Crippen molar-refractivity contribution in [1.82, 2.24) is 9.80 Å². The Morgan fingerprint density at radius 3 is 2.67 bits per heavy atom. The van der Waals surface area contributed by atoms with Crippen LogP contribution in [0.4, 0.5) is 0 Å². The van der Waals surface area contributed by atoms with E-state index >= 15 is 0 Å². The Morgan fingerprint density at radius 1 is 1.13 bits per heavy atom. The van der Waals surface area contributed by atoms with Gasteiger partial charge in [-0.15, -0.1) is 0 Å². The Labute approximate surface area is 175 Å². The maximum absolute atomic E-state index is 13.5. The molecule has 2 unspecified atom stereocenters. The Balaban J connectivity index is 1.58. The molecule has 0 bridgehead atoms. The third-order valence-corrected chi connectivity index (χ3v) is 5.88. The van der Waals surface area contributed by atoms with Gasteiger partial charge in [0.15, 0.2) is 5.76 Å². The van der Waals surface area contributed by atoms with Gasteiger partial charge in [0.25, 0.3) is 5.91 Å². The van der Waals surface area contributed by atoms with Crippen LogP contribution in [0.3, 0.4) is 0 Å². The number of likely N-dealkylation sites (tertiary alicyclic amines) is 1. The van der Waals surface area contributed by atoms with E-state index in [9.17, 15) is 14.4 Å². The first-order chi connectivity index (χ1) is 14.6. The van der Waals surface area contributed by atoms with Crippen LogP contribution in [0.1, 0.15) is 41.4 Å². The molecule has 1 aromatic carbocycles. The number of fused-ring (bicyclic) bond motifs is 1. The van der Waals surface area contributed by atoms with E-state index in [0.29, 0.717) is 39.1 Å². The maximum atomic E-state index is 13.5. The number of furan rings is 1. The van der Waals surface area contributed by atoms with Crippen molar-refractivity contribution >= 4 is 17.8 Å². The highest BCUT2D eigenvalue weighted by Gasteiger charge is 2.40. The molecule has 2 amide bonds. The molecule has 1 saturated heterocycles. The van der Waals surface area contributed by atoms with Crippen LogP contribution in [0.15, 0.2) is 47.1 Å². The van der Waals surface area contributed by atoms with Crippen molar-refractivity contribution in [2.45, 2.75) is 38.8 Å². The van der Waals surface area contributed by atoms with Gasteiger partial charge in [0, 0.05) is 26.1 Å². The molecule has 2 aliphatic rings. The lowest BCUT2D eigenvalue weighted by Crippen LogP contribution is -2.55. The van der Waals surface area contributed by atoms with E-state index in [-0.39, 0.29) is 29.5 Å². The summed E-state index contributed by atoms with van der Waals surface area (Å²) in [6.45, 7) is 3.37. The van der Waals surface area contributed by atoms with Gasteiger partial charge in [0.2, 0.25) is 5.91 Å². The fraction of sp³-hybridized carbons (Fsp3) is 0.435. The van der Waals surface area contributed by atoms with Crippen LogP contribution < -0.4 is 0 Å². The van der Waals surface area contributed by atoms with Gasteiger partial charge in [-0.2, -0.15) is 0 Å². The summed E-state index contributed by atoms with van der Waals surface area (Å²) < 4.78 is 10.5. The van der Waals surface area contributed by atoms with Crippen molar-refractivity contribution in [3.05, 3.63) is 59.5 Å². The fourth-order valence-electron chi connectivity index (χ4n) is 4.34. The number of hydrogen-bond acceptors (Lipinski definition) is 5. The first kappa shape index (κ1) is 20.2. The fourth-order valence-corrected chi connectivity index (χ4v) is 4.34. The number of carbonyl (C=O) groups is 3. The summed E-state index contributed by atoms with van der Waals surface area (Å²) in [5.41, 5.74) is 2.10. The van der Waals surface area contributed by atoms with E-state index in [1.165, 1.54) is 6.26 Å². The van der Waals surface area contributed by atoms with Gasteiger partial charge in [-0.1, -0.05) is 24.3 Å². The minimum absolute atomic E-state index is 0.126. The van der Waals surface area contributed by atoms with Gasteiger partial charge in [-0.25, -0.2) is 0 Å². The molecule has 1 aromatic heterocycles. The van der Waals surface area contributed by atoms with Crippen LogP contribution in [0.5, 0.6) is 0 Å². The Kier molecular flexibility index (Phi) is 5.88. The number of carbonyl (C=O) groups excluding carboxylic acids is 3. The van der Waals surface area contributed by atoms with Gasteiger partial charge in [0.1, 0.15) is 6.04 Å². The molecule has 2 aliphatic heterocycles. The summed E-state index contributed by atoms with van der Waals surface area (Å²) in [4.78, 5) is 42.1. The van der Waals surface area contributed by atoms with Gasteiger partial charge < -0.3 is 19.0 Å². The number of amides is 2. The standard InChI is InChI=1S/C23H26N2O5/c1-2-29-23(28)18-9-5-11-24(14-18)21(26)19-13-16-7-3-4-8-17(16)15-25(19)22(27)20-10-6-12-30-20/h3-4,6-8,10,12,18-19H,2,5,9,11,13-15H2,1H3. The van der Waals surface area contributed by atoms with Crippen molar-refractivity contribution < 1.29 is 23.5 Å².